The van der Waals surface area contributed by atoms with E-state index in [0.29, 0.717) is 6.54 Å². The van der Waals surface area contributed by atoms with Gasteiger partial charge >= 0.3 is 0 Å². The summed E-state index contributed by atoms with van der Waals surface area (Å²) in [5.41, 5.74) is 1.81. The lowest BCUT2D eigenvalue weighted by Crippen LogP contribution is -2.51. The predicted molar refractivity (Wildman–Crippen MR) is 84.8 cm³/mol. The van der Waals surface area contributed by atoms with Crippen molar-refractivity contribution in [2.45, 2.75) is 44.6 Å². The van der Waals surface area contributed by atoms with E-state index in [9.17, 15) is 4.79 Å². The number of aryl methyl sites for hydroxylation is 1. The monoisotopic (exact) mass is 290 g/mol. The normalized spacial score (nSPS) is 17.7. The van der Waals surface area contributed by atoms with Gasteiger partial charge in [-0.3, -0.25) is 4.79 Å². The minimum atomic E-state index is -0.367. The number of carbonyl (C=O) groups excluding carboxylic acids is 1. The number of likely N-dealkylation sites (N-methyl/N-ethyl adjacent to an activating group) is 1. The Kier molecular flexibility index (Phi) is 4.88. The van der Waals surface area contributed by atoms with Crippen molar-refractivity contribution in [2.75, 3.05) is 20.7 Å². The van der Waals surface area contributed by atoms with Crippen molar-refractivity contribution in [3.8, 4) is 5.75 Å². The molecule has 1 aromatic rings. The molecule has 4 heteroatoms. The molecular weight excluding hydrogens is 264 g/mol. The number of amides is 1. The molecule has 0 heterocycles. The Morgan fingerprint density at radius 1 is 1.43 bits per heavy atom. The summed E-state index contributed by atoms with van der Waals surface area (Å²) in [6.07, 6.45) is 2.93. The lowest BCUT2D eigenvalue weighted by molar-refractivity contribution is -0.130. The van der Waals surface area contributed by atoms with E-state index in [1.165, 1.54) is 0 Å². The third-order valence-corrected chi connectivity index (χ3v) is 4.66. The maximum Gasteiger partial charge on any atom is 0.230 e. The number of carbonyl (C=O) groups is 1. The summed E-state index contributed by atoms with van der Waals surface area (Å²) in [7, 11) is 3.58. The van der Waals surface area contributed by atoms with Crippen LogP contribution in [0.3, 0.4) is 0 Å². The Labute approximate surface area is 127 Å². The molecule has 1 aliphatic carbocycles. The molecule has 0 aromatic heterocycles. The highest BCUT2D eigenvalue weighted by molar-refractivity contribution is 5.89. The van der Waals surface area contributed by atoms with Crippen molar-refractivity contribution in [3.63, 3.8) is 0 Å². The van der Waals surface area contributed by atoms with Gasteiger partial charge in [0.25, 0.3) is 0 Å². The van der Waals surface area contributed by atoms with Crippen molar-refractivity contribution in [1.29, 1.82) is 0 Å². The standard InChI is InChI=1S/C17H26N2O2/c1-12-6-7-14(10-15(12)21-4)17(8-5-9-17)16(20)19-11-13(2)18-3/h6-7,10,13,18H,5,8-9,11H2,1-4H3,(H,19,20). The van der Waals surface area contributed by atoms with E-state index >= 15 is 0 Å². The van der Waals surface area contributed by atoms with Gasteiger partial charge in [0.1, 0.15) is 5.75 Å². The quantitative estimate of drug-likeness (QED) is 0.844. The van der Waals surface area contributed by atoms with E-state index in [2.05, 4.69) is 23.6 Å². The van der Waals surface area contributed by atoms with Gasteiger partial charge in [0.15, 0.2) is 0 Å². The summed E-state index contributed by atoms with van der Waals surface area (Å²) in [4.78, 5) is 12.7. The molecule has 21 heavy (non-hydrogen) atoms. The molecule has 116 valence electrons. The molecule has 2 rings (SSSR count). The van der Waals surface area contributed by atoms with Crippen LogP contribution in [0.1, 0.15) is 37.3 Å². The van der Waals surface area contributed by atoms with Crippen molar-refractivity contribution in [2.24, 2.45) is 0 Å². The zero-order chi connectivity index (χ0) is 15.5. The number of nitrogens with one attached hydrogen (secondary N) is 2. The SMILES string of the molecule is CNC(C)CNC(=O)C1(c2ccc(C)c(OC)c2)CCC1. The third-order valence-electron chi connectivity index (χ3n) is 4.66. The van der Waals surface area contributed by atoms with Crippen LogP contribution >= 0.6 is 0 Å². The van der Waals surface area contributed by atoms with Gasteiger partial charge in [-0.05, 0) is 50.9 Å². The molecule has 0 bridgehead atoms. The lowest BCUT2D eigenvalue weighted by atomic mass is 9.63. The van der Waals surface area contributed by atoms with Crippen LogP contribution < -0.4 is 15.4 Å². The highest BCUT2D eigenvalue weighted by Gasteiger charge is 2.45. The first kappa shape index (κ1) is 15.8. The second-order valence-corrected chi connectivity index (χ2v) is 6.02. The van der Waals surface area contributed by atoms with Crippen LogP contribution in [-0.2, 0) is 10.2 Å². The predicted octanol–water partition coefficient (Wildman–Crippen LogP) is 2.15. The van der Waals surface area contributed by atoms with Gasteiger partial charge in [0, 0.05) is 12.6 Å². The Morgan fingerprint density at radius 2 is 2.14 bits per heavy atom. The average Bonchev–Trinajstić information content (AvgIpc) is 2.45. The Morgan fingerprint density at radius 3 is 2.67 bits per heavy atom. The number of hydrogen-bond donors (Lipinski definition) is 2. The summed E-state index contributed by atoms with van der Waals surface area (Å²) in [6, 6.07) is 6.41. The first-order valence-corrected chi connectivity index (χ1v) is 7.64. The molecule has 1 aliphatic rings. The van der Waals surface area contributed by atoms with E-state index in [0.717, 1.165) is 36.1 Å². The van der Waals surface area contributed by atoms with Crippen LogP contribution in [-0.4, -0.2) is 32.7 Å². The summed E-state index contributed by atoms with van der Waals surface area (Å²) >= 11 is 0. The van der Waals surface area contributed by atoms with Crippen LogP contribution in [0.5, 0.6) is 5.75 Å². The van der Waals surface area contributed by atoms with Crippen molar-refractivity contribution in [3.05, 3.63) is 29.3 Å². The summed E-state index contributed by atoms with van der Waals surface area (Å²) < 4.78 is 5.40. The Balaban J connectivity index is 2.19. The minimum Gasteiger partial charge on any atom is -0.496 e. The number of ether oxygens (including phenoxy) is 1. The fourth-order valence-electron chi connectivity index (χ4n) is 2.81. The second kappa shape index (κ2) is 6.48. The molecule has 2 N–H and O–H groups in total. The molecule has 1 unspecified atom stereocenters. The van der Waals surface area contributed by atoms with Crippen LogP contribution in [0.25, 0.3) is 0 Å². The lowest BCUT2D eigenvalue weighted by Gasteiger charge is -2.41. The zero-order valence-electron chi connectivity index (χ0n) is 13.5. The molecule has 0 aliphatic heterocycles. The molecule has 1 saturated carbocycles. The highest BCUT2D eigenvalue weighted by atomic mass is 16.5. The highest BCUT2D eigenvalue weighted by Crippen LogP contribution is 2.45. The molecule has 1 atom stereocenters. The van der Waals surface area contributed by atoms with Crippen molar-refractivity contribution in [1.82, 2.24) is 10.6 Å². The number of benzene rings is 1. The Bertz CT molecular complexity index is 510. The molecule has 1 fully saturated rings. The molecule has 1 aromatic carbocycles. The number of methoxy groups -OCH3 is 1. The van der Waals surface area contributed by atoms with Gasteiger partial charge in [-0.25, -0.2) is 0 Å². The summed E-state index contributed by atoms with van der Waals surface area (Å²) in [5.74, 6) is 0.997. The fraction of sp³-hybridized carbons (Fsp3) is 0.588. The molecule has 0 radical (unpaired) electrons. The first-order valence-electron chi connectivity index (χ1n) is 7.64. The maximum atomic E-state index is 12.7. The smallest absolute Gasteiger partial charge is 0.230 e. The topological polar surface area (TPSA) is 50.4 Å². The van der Waals surface area contributed by atoms with Crippen molar-refractivity contribution >= 4 is 5.91 Å². The molecule has 4 nitrogen and oxygen atoms in total. The van der Waals surface area contributed by atoms with E-state index in [1.807, 2.05) is 26.1 Å². The van der Waals surface area contributed by atoms with Crippen LogP contribution in [0, 0.1) is 6.92 Å². The average molecular weight is 290 g/mol. The largest absolute Gasteiger partial charge is 0.496 e. The molecular formula is C17H26N2O2. The Hall–Kier alpha value is -1.55. The van der Waals surface area contributed by atoms with Gasteiger partial charge in [-0.2, -0.15) is 0 Å². The zero-order valence-corrected chi connectivity index (χ0v) is 13.5. The second-order valence-electron chi connectivity index (χ2n) is 6.02. The van der Waals surface area contributed by atoms with E-state index < -0.39 is 0 Å². The van der Waals surface area contributed by atoms with Crippen LogP contribution in [0.2, 0.25) is 0 Å². The number of hydrogen-bond acceptors (Lipinski definition) is 3. The summed E-state index contributed by atoms with van der Waals surface area (Å²) in [5, 5.41) is 6.22. The minimum absolute atomic E-state index is 0.141. The molecule has 0 spiro atoms. The first-order chi connectivity index (χ1) is 10.0. The molecule has 0 saturated heterocycles. The van der Waals surface area contributed by atoms with Gasteiger partial charge in [-0.1, -0.05) is 18.6 Å². The summed E-state index contributed by atoms with van der Waals surface area (Å²) in [6.45, 7) is 4.73. The third kappa shape index (κ3) is 3.05. The fourth-order valence-corrected chi connectivity index (χ4v) is 2.81. The molecule has 1 amide bonds. The van der Waals surface area contributed by atoms with Crippen LogP contribution in [0.15, 0.2) is 18.2 Å². The van der Waals surface area contributed by atoms with Gasteiger partial charge in [0.2, 0.25) is 5.91 Å². The van der Waals surface area contributed by atoms with Crippen molar-refractivity contribution < 1.29 is 9.53 Å². The van der Waals surface area contributed by atoms with E-state index in [1.54, 1.807) is 7.11 Å². The van der Waals surface area contributed by atoms with Crippen LogP contribution in [0.4, 0.5) is 0 Å². The van der Waals surface area contributed by atoms with E-state index in [-0.39, 0.29) is 17.4 Å². The van der Waals surface area contributed by atoms with Gasteiger partial charge < -0.3 is 15.4 Å². The van der Waals surface area contributed by atoms with Gasteiger partial charge in [0.05, 0.1) is 12.5 Å². The maximum absolute atomic E-state index is 12.7. The van der Waals surface area contributed by atoms with Gasteiger partial charge in [-0.15, -0.1) is 0 Å². The van der Waals surface area contributed by atoms with E-state index in [4.69, 9.17) is 4.74 Å². The number of rotatable bonds is 6.